The highest BCUT2D eigenvalue weighted by Gasteiger charge is 2.36. The van der Waals surface area contributed by atoms with Gasteiger partial charge in [0.05, 0.1) is 12.0 Å². The zero-order chi connectivity index (χ0) is 18.3. The molecule has 0 saturated carbocycles. The monoisotopic (exact) mass is 354 g/mol. The third kappa shape index (κ3) is 9.97. The Hall–Kier alpha value is -1.52. The summed E-state index contributed by atoms with van der Waals surface area (Å²) in [6, 6.07) is 0. The predicted molar refractivity (Wildman–Crippen MR) is 63.2 cm³/mol. The molecule has 23 heavy (non-hydrogen) atoms. The molecule has 0 aliphatic rings. The highest BCUT2D eigenvalue weighted by atomic mass is 19.4. The Morgan fingerprint density at radius 3 is 1.83 bits per heavy atom. The predicted octanol–water partition coefficient (Wildman–Crippen LogP) is 2.63. The molecule has 0 aromatic carbocycles. The van der Waals surface area contributed by atoms with E-state index < -0.39 is 56.1 Å². The Bertz CT molecular complexity index is 406. The maximum Gasteiger partial charge on any atom is 0.422 e. The summed E-state index contributed by atoms with van der Waals surface area (Å²) < 4.78 is 84.0. The van der Waals surface area contributed by atoms with Gasteiger partial charge in [0.25, 0.3) is 0 Å². The number of hydrogen-bond acceptors (Lipinski definition) is 5. The fourth-order valence-corrected chi connectivity index (χ4v) is 1.20. The van der Waals surface area contributed by atoms with Crippen LogP contribution in [0.15, 0.2) is 0 Å². The van der Waals surface area contributed by atoms with Gasteiger partial charge in [-0.2, -0.15) is 26.3 Å². The van der Waals surface area contributed by atoms with Crippen LogP contribution in [0.4, 0.5) is 26.3 Å². The SMILES string of the molecule is CCC(C)(COCC(F)(F)F)C(=O)OCC(=O)OCC(F)(F)F. The molecule has 0 aromatic heterocycles. The average Bonchev–Trinajstić information content (AvgIpc) is 2.39. The number of carbonyl (C=O) groups is 2. The zero-order valence-electron chi connectivity index (χ0n) is 12.3. The third-order valence-electron chi connectivity index (χ3n) is 2.68. The van der Waals surface area contributed by atoms with Crippen LogP contribution in [-0.4, -0.2) is 50.7 Å². The van der Waals surface area contributed by atoms with E-state index >= 15 is 0 Å². The topological polar surface area (TPSA) is 61.8 Å². The molecule has 0 spiro atoms. The zero-order valence-corrected chi connectivity index (χ0v) is 12.3. The molecule has 5 nitrogen and oxygen atoms in total. The fraction of sp³-hybridized carbons (Fsp3) is 0.833. The van der Waals surface area contributed by atoms with Crippen LogP contribution < -0.4 is 0 Å². The van der Waals surface area contributed by atoms with Gasteiger partial charge >= 0.3 is 24.3 Å². The third-order valence-corrected chi connectivity index (χ3v) is 2.68. The number of ether oxygens (including phenoxy) is 3. The molecule has 0 saturated heterocycles. The lowest BCUT2D eigenvalue weighted by Crippen LogP contribution is -2.36. The van der Waals surface area contributed by atoms with E-state index in [0.717, 1.165) is 0 Å². The first-order valence-electron chi connectivity index (χ1n) is 6.33. The lowest BCUT2D eigenvalue weighted by molar-refractivity contribution is -0.194. The average molecular weight is 354 g/mol. The molecular formula is C12H16F6O5. The van der Waals surface area contributed by atoms with Crippen LogP contribution in [0.1, 0.15) is 20.3 Å². The van der Waals surface area contributed by atoms with Gasteiger partial charge < -0.3 is 14.2 Å². The molecule has 0 heterocycles. The number of halogens is 6. The molecule has 0 bridgehead atoms. The van der Waals surface area contributed by atoms with E-state index in [1.54, 1.807) is 0 Å². The fourth-order valence-electron chi connectivity index (χ4n) is 1.20. The summed E-state index contributed by atoms with van der Waals surface area (Å²) >= 11 is 0. The number of alkyl halides is 6. The van der Waals surface area contributed by atoms with E-state index in [4.69, 9.17) is 0 Å². The van der Waals surface area contributed by atoms with Crippen LogP contribution in [-0.2, 0) is 23.8 Å². The molecule has 11 heteroatoms. The summed E-state index contributed by atoms with van der Waals surface area (Å²) in [5.41, 5.74) is -1.48. The number of esters is 2. The largest absolute Gasteiger partial charge is 0.454 e. The van der Waals surface area contributed by atoms with Crippen molar-refractivity contribution in [2.24, 2.45) is 5.41 Å². The minimum atomic E-state index is -4.72. The van der Waals surface area contributed by atoms with Gasteiger partial charge in [-0.25, -0.2) is 4.79 Å². The van der Waals surface area contributed by atoms with Gasteiger partial charge in [0.2, 0.25) is 0 Å². The molecule has 1 atom stereocenters. The van der Waals surface area contributed by atoms with Gasteiger partial charge in [-0.1, -0.05) is 6.92 Å². The minimum absolute atomic E-state index is 0.0291. The van der Waals surface area contributed by atoms with E-state index in [2.05, 4.69) is 14.2 Å². The highest BCUT2D eigenvalue weighted by molar-refractivity contribution is 5.80. The summed E-state index contributed by atoms with van der Waals surface area (Å²) in [5.74, 6) is -2.50. The Balaban J connectivity index is 4.34. The van der Waals surface area contributed by atoms with E-state index in [1.807, 2.05) is 0 Å². The van der Waals surface area contributed by atoms with Crippen molar-refractivity contribution in [3.8, 4) is 0 Å². The molecule has 0 aliphatic carbocycles. The van der Waals surface area contributed by atoms with Crippen molar-refractivity contribution >= 4 is 11.9 Å². The van der Waals surface area contributed by atoms with Crippen LogP contribution >= 0.6 is 0 Å². The second-order valence-electron chi connectivity index (χ2n) is 4.87. The van der Waals surface area contributed by atoms with Gasteiger partial charge in [-0.15, -0.1) is 0 Å². The van der Waals surface area contributed by atoms with Gasteiger partial charge in [0.15, 0.2) is 13.2 Å². The second kappa shape index (κ2) is 8.37. The van der Waals surface area contributed by atoms with Gasteiger partial charge in [-0.05, 0) is 13.3 Å². The van der Waals surface area contributed by atoms with Crippen LogP contribution in [0, 0.1) is 5.41 Å². The Morgan fingerprint density at radius 2 is 1.39 bits per heavy atom. The Labute approximate surface area is 127 Å². The molecule has 0 radical (unpaired) electrons. The second-order valence-corrected chi connectivity index (χ2v) is 4.87. The van der Waals surface area contributed by atoms with Gasteiger partial charge in [-0.3, -0.25) is 4.79 Å². The Morgan fingerprint density at radius 1 is 0.870 bits per heavy atom. The summed E-state index contributed by atoms with van der Waals surface area (Å²) in [6.07, 6.45) is -9.26. The molecule has 0 fully saturated rings. The van der Waals surface area contributed by atoms with Gasteiger partial charge in [0, 0.05) is 0 Å². The van der Waals surface area contributed by atoms with E-state index in [-0.39, 0.29) is 6.42 Å². The molecule has 0 rings (SSSR count). The van der Waals surface area contributed by atoms with E-state index in [1.165, 1.54) is 13.8 Å². The van der Waals surface area contributed by atoms with Crippen LogP contribution in [0.25, 0.3) is 0 Å². The summed E-state index contributed by atoms with van der Waals surface area (Å²) in [7, 11) is 0. The van der Waals surface area contributed by atoms with E-state index in [9.17, 15) is 35.9 Å². The van der Waals surface area contributed by atoms with Crippen LogP contribution in [0.2, 0.25) is 0 Å². The summed E-state index contributed by atoms with van der Waals surface area (Å²) in [5, 5.41) is 0. The molecule has 0 aliphatic heterocycles. The van der Waals surface area contributed by atoms with Crippen molar-refractivity contribution < 1.29 is 50.1 Å². The number of carbonyl (C=O) groups excluding carboxylic acids is 2. The smallest absolute Gasteiger partial charge is 0.422 e. The first-order chi connectivity index (χ1) is 10.3. The van der Waals surface area contributed by atoms with Crippen molar-refractivity contribution in [2.75, 3.05) is 26.4 Å². The number of rotatable bonds is 8. The van der Waals surface area contributed by atoms with Crippen molar-refractivity contribution in [1.82, 2.24) is 0 Å². The van der Waals surface area contributed by atoms with Crippen molar-refractivity contribution in [3.63, 3.8) is 0 Å². The number of hydrogen-bond donors (Lipinski definition) is 0. The highest BCUT2D eigenvalue weighted by Crippen LogP contribution is 2.25. The maximum absolute atomic E-state index is 12.0. The van der Waals surface area contributed by atoms with Crippen molar-refractivity contribution in [2.45, 2.75) is 32.6 Å². The first-order valence-corrected chi connectivity index (χ1v) is 6.33. The first kappa shape index (κ1) is 21.5. The van der Waals surface area contributed by atoms with Crippen LogP contribution in [0.3, 0.4) is 0 Å². The van der Waals surface area contributed by atoms with Gasteiger partial charge in [0.1, 0.15) is 6.61 Å². The Kier molecular flexibility index (Phi) is 7.81. The maximum atomic E-state index is 12.0. The summed E-state index contributed by atoms with van der Waals surface area (Å²) in [6.45, 7) is -2.39. The van der Waals surface area contributed by atoms with Crippen molar-refractivity contribution in [1.29, 1.82) is 0 Å². The lowest BCUT2D eigenvalue weighted by Gasteiger charge is -2.25. The molecule has 0 amide bonds. The quantitative estimate of drug-likeness (QED) is 0.495. The minimum Gasteiger partial charge on any atom is -0.454 e. The molecular weight excluding hydrogens is 338 g/mol. The molecule has 0 aromatic rings. The molecule has 0 N–H and O–H groups in total. The normalized spacial score (nSPS) is 15.0. The standard InChI is InChI=1S/C12H16F6O5/c1-3-10(2,5-21-6-11(13,14)15)9(20)22-4-8(19)23-7-12(16,17)18/h3-7H2,1-2H3. The lowest BCUT2D eigenvalue weighted by atomic mass is 9.89. The molecule has 136 valence electrons. The van der Waals surface area contributed by atoms with Crippen LogP contribution in [0.5, 0.6) is 0 Å². The van der Waals surface area contributed by atoms with Crippen molar-refractivity contribution in [3.05, 3.63) is 0 Å². The summed E-state index contributed by atoms with van der Waals surface area (Å²) in [4.78, 5) is 22.7. The molecule has 1 unspecified atom stereocenters. The van der Waals surface area contributed by atoms with E-state index in [0.29, 0.717) is 0 Å².